The molecule has 2 aliphatic rings. The third-order valence-electron chi connectivity index (χ3n) is 14.9. The van der Waals surface area contributed by atoms with Crippen LogP contribution < -0.4 is 13.9 Å². The Bertz CT molecular complexity index is 3260. The number of fused-ring (bicyclic) bond motifs is 7. The normalized spacial score (nSPS) is 18.1. The molecule has 6 aromatic carbocycles. The zero-order valence-electron chi connectivity index (χ0n) is 43.2. The van der Waals surface area contributed by atoms with Crippen molar-refractivity contribution in [2.75, 3.05) is 0 Å². The standard InChI is InChI=1S/C63H71N4O/c1-39(2)43-30-53(40(3)4)60(54(31-43)41(5)6)42-19-18-20-47(29-42)66-38-67(66,58-34-44(61(7,8)9)23-26-57(58)66)48-32-46(63(13,14)15)33-50(36-48)68-49-24-25-52-51-21-16-17-22-55(51)65(56(52)37-49)59-35-45(27-28-64-59)62(10,11)12/h16-41H,1-15H3/q+1/t66-,67?/m0/s1. The SMILES string of the molecule is CC(C)c1cc(C(C)C)c(-c2cccc([N@+]34[CH-][N+]3(c3cc(Oc5ccc6c7ccccc7n(-c7cc(C(C)(C)C)ccn7)c6c5)cc(C(C)(C)C)c3)c3cc(C(C)(C)C)ccc34)c2)c(C(C)C)c1. The predicted molar refractivity (Wildman–Crippen MR) is 289 cm³/mol. The van der Waals surface area contributed by atoms with E-state index < -0.39 is 0 Å². The maximum Gasteiger partial charge on any atom is 0.225 e. The maximum absolute atomic E-state index is 7.12. The number of hydrogen-bond acceptors (Lipinski definition) is 2. The second kappa shape index (κ2) is 15.8. The van der Waals surface area contributed by atoms with Crippen molar-refractivity contribution in [3.63, 3.8) is 0 Å². The molecular weight excluding hydrogens is 829 g/mol. The molecule has 68 heavy (non-hydrogen) atoms. The Labute approximate surface area is 406 Å². The van der Waals surface area contributed by atoms with Crippen LogP contribution in [0, 0.1) is 6.67 Å². The van der Waals surface area contributed by atoms with E-state index >= 15 is 0 Å². The van der Waals surface area contributed by atoms with Crippen molar-refractivity contribution in [2.24, 2.45) is 0 Å². The molecule has 0 N–H and O–H groups in total. The Kier molecular flexibility index (Phi) is 10.6. The van der Waals surface area contributed by atoms with E-state index in [9.17, 15) is 0 Å². The van der Waals surface area contributed by atoms with Crippen LogP contribution in [0.2, 0.25) is 0 Å². The van der Waals surface area contributed by atoms with E-state index in [1.54, 1.807) is 0 Å². The first kappa shape index (κ1) is 45.8. The molecule has 4 heterocycles. The summed E-state index contributed by atoms with van der Waals surface area (Å²) in [5, 5.41) is 2.37. The van der Waals surface area contributed by atoms with E-state index in [-0.39, 0.29) is 16.2 Å². The molecule has 0 saturated carbocycles. The quantitative estimate of drug-likeness (QED) is 0.0820. The minimum Gasteiger partial charge on any atom is -0.457 e. The topological polar surface area (TPSA) is 27.1 Å². The summed E-state index contributed by atoms with van der Waals surface area (Å²) in [5.41, 5.74) is 17.9. The van der Waals surface area contributed by atoms with Gasteiger partial charge in [0.05, 0.1) is 11.0 Å². The molecule has 1 fully saturated rings. The lowest BCUT2D eigenvalue weighted by atomic mass is 9.81. The van der Waals surface area contributed by atoms with Gasteiger partial charge in [0.1, 0.15) is 17.3 Å². The van der Waals surface area contributed by atoms with Crippen LogP contribution in [0.3, 0.4) is 0 Å². The minimum atomic E-state index is -0.137. The summed E-state index contributed by atoms with van der Waals surface area (Å²) >= 11 is 0. The number of ether oxygens (including phenoxy) is 1. The van der Waals surface area contributed by atoms with Gasteiger partial charge in [0.15, 0.2) is 18.0 Å². The third-order valence-corrected chi connectivity index (χ3v) is 14.9. The summed E-state index contributed by atoms with van der Waals surface area (Å²) in [6.07, 6.45) is 1.94. The average Bonchev–Trinajstić information content (AvgIpc) is 3.78. The molecule has 0 amide bonds. The molecule has 0 bridgehead atoms. The van der Waals surface area contributed by atoms with Crippen molar-refractivity contribution >= 4 is 44.6 Å². The van der Waals surface area contributed by atoms with Crippen molar-refractivity contribution in [1.82, 2.24) is 18.7 Å². The lowest BCUT2D eigenvalue weighted by molar-refractivity contribution is 0.420. The van der Waals surface area contributed by atoms with Gasteiger partial charge in [-0.2, -0.15) is 9.18 Å². The predicted octanol–water partition coefficient (Wildman–Crippen LogP) is 18.2. The van der Waals surface area contributed by atoms with Crippen LogP contribution in [-0.4, -0.2) is 9.55 Å². The molecule has 1 unspecified atom stereocenters. The summed E-state index contributed by atoms with van der Waals surface area (Å²) in [6.45, 7) is 37.2. The van der Waals surface area contributed by atoms with Gasteiger partial charge in [-0.25, -0.2) is 4.98 Å². The highest BCUT2D eigenvalue weighted by molar-refractivity contribution is 6.09. The Morgan fingerprint density at radius 1 is 0.500 bits per heavy atom. The van der Waals surface area contributed by atoms with Crippen molar-refractivity contribution in [2.45, 2.75) is 138 Å². The molecular formula is C63H71N4O+. The Morgan fingerprint density at radius 2 is 1.15 bits per heavy atom. The smallest absolute Gasteiger partial charge is 0.225 e. The van der Waals surface area contributed by atoms with Gasteiger partial charge in [0.2, 0.25) is 11.4 Å². The fraction of sp³-hybridized carbons (Fsp3) is 0.333. The van der Waals surface area contributed by atoms with Gasteiger partial charge in [0, 0.05) is 59.4 Å². The zero-order chi connectivity index (χ0) is 48.5. The highest BCUT2D eigenvalue weighted by Gasteiger charge is 2.78. The summed E-state index contributed by atoms with van der Waals surface area (Å²) in [5.74, 6) is 3.76. The highest BCUT2D eigenvalue weighted by Crippen LogP contribution is 2.76. The van der Waals surface area contributed by atoms with Crippen molar-refractivity contribution in [3.05, 3.63) is 174 Å². The molecule has 2 aromatic heterocycles. The van der Waals surface area contributed by atoms with E-state index in [2.05, 4.69) is 242 Å². The number of benzene rings is 6. The van der Waals surface area contributed by atoms with Gasteiger partial charge < -0.3 is 4.74 Å². The van der Waals surface area contributed by atoms with Gasteiger partial charge in [-0.05, 0) is 115 Å². The minimum absolute atomic E-state index is 0.00490. The van der Waals surface area contributed by atoms with Crippen LogP contribution in [0.5, 0.6) is 11.5 Å². The largest absolute Gasteiger partial charge is 0.457 e. The number of nitrogens with zero attached hydrogens (tertiary/aromatic N) is 4. The molecule has 8 aromatic rings. The van der Waals surface area contributed by atoms with E-state index in [4.69, 9.17) is 9.72 Å². The van der Waals surface area contributed by atoms with Gasteiger partial charge in [-0.15, -0.1) is 0 Å². The molecule has 5 nitrogen and oxygen atoms in total. The van der Waals surface area contributed by atoms with Crippen LogP contribution in [0.15, 0.2) is 134 Å². The third kappa shape index (κ3) is 7.22. The average molecular weight is 900 g/mol. The van der Waals surface area contributed by atoms with Gasteiger partial charge >= 0.3 is 0 Å². The zero-order valence-corrected chi connectivity index (χ0v) is 43.2. The Hall–Kier alpha value is -6.01. The van der Waals surface area contributed by atoms with Crippen LogP contribution in [-0.2, 0) is 16.2 Å². The van der Waals surface area contributed by atoms with E-state index in [0.717, 1.165) is 28.4 Å². The molecule has 0 spiro atoms. The summed E-state index contributed by atoms with van der Waals surface area (Å²) in [4.78, 5) is 4.95. The second-order valence-corrected chi connectivity index (χ2v) is 23.8. The van der Waals surface area contributed by atoms with Crippen LogP contribution in [0.1, 0.15) is 155 Å². The second-order valence-electron chi connectivity index (χ2n) is 23.8. The van der Waals surface area contributed by atoms with E-state index in [1.165, 1.54) is 78.0 Å². The van der Waals surface area contributed by atoms with Gasteiger partial charge in [0.25, 0.3) is 0 Å². The van der Waals surface area contributed by atoms with Crippen molar-refractivity contribution in [1.29, 1.82) is 0 Å². The Morgan fingerprint density at radius 3 is 1.81 bits per heavy atom. The first-order valence-corrected chi connectivity index (χ1v) is 25.0. The van der Waals surface area contributed by atoms with Crippen molar-refractivity contribution in [3.8, 4) is 28.4 Å². The fourth-order valence-corrected chi connectivity index (χ4v) is 10.8. The number of para-hydroxylation sites is 1. The lowest BCUT2D eigenvalue weighted by Gasteiger charge is -2.41. The summed E-state index contributed by atoms with van der Waals surface area (Å²) in [6, 6.07) is 48.2. The molecule has 2 aliphatic heterocycles. The number of aromatic nitrogens is 2. The van der Waals surface area contributed by atoms with E-state index in [0.29, 0.717) is 26.9 Å². The Balaban J connectivity index is 1.13. The first-order valence-electron chi connectivity index (χ1n) is 25.0. The molecule has 0 radical (unpaired) electrons. The number of quaternary nitrogens is 2. The van der Waals surface area contributed by atoms with Crippen molar-refractivity contribution < 1.29 is 4.74 Å². The van der Waals surface area contributed by atoms with Crippen LogP contribution in [0.4, 0.5) is 22.7 Å². The molecule has 0 aliphatic carbocycles. The van der Waals surface area contributed by atoms with Gasteiger partial charge in [-0.3, -0.25) is 4.57 Å². The van der Waals surface area contributed by atoms with Gasteiger partial charge in [-0.1, -0.05) is 152 Å². The highest BCUT2D eigenvalue weighted by atomic mass is 16.5. The lowest BCUT2D eigenvalue weighted by Crippen LogP contribution is -2.46. The fourth-order valence-electron chi connectivity index (χ4n) is 10.8. The monoisotopic (exact) mass is 900 g/mol. The summed E-state index contributed by atoms with van der Waals surface area (Å²) < 4.78 is 10.6. The summed E-state index contributed by atoms with van der Waals surface area (Å²) in [7, 11) is 0. The maximum atomic E-state index is 7.12. The van der Waals surface area contributed by atoms with Crippen LogP contribution in [0.25, 0.3) is 38.8 Å². The molecule has 2 atom stereocenters. The van der Waals surface area contributed by atoms with E-state index in [1.807, 2.05) is 6.20 Å². The number of pyridine rings is 1. The first-order chi connectivity index (χ1) is 32.0. The number of rotatable bonds is 9. The number of hydrogen-bond donors (Lipinski definition) is 0. The molecule has 10 rings (SSSR count). The molecule has 1 saturated heterocycles. The van der Waals surface area contributed by atoms with Crippen LogP contribution >= 0.6 is 0 Å². The molecule has 5 heteroatoms. The molecule has 348 valence electrons.